The van der Waals surface area contributed by atoms with Crippen LogP contribution in [0.4, 0.5) is 0 Å². The summed E-state index contributed by atoms with van der Waals surface area (Å²) in [5, 5.41) is 7.29. The van der Waals surface area contributed by atoms with Crippen LogP contribution in [-0.4, -0.2) is 38.4 Å². The van der Waals surface area contributed by atoms with Crippen molar-refractivity contribution in [1.29, 1.82) is 5.41 Å². The Balaban J connectivity index is 1.66. The van der Waals surface area contributed by atoms with Gasteiger partial charge in [0.1, 0.15) is 18.2 Å². The number of rotatable bonds is 6. The summed E-state index contributed by atoms with van der Waals surface area (Å²) >= 11 is 0. The maximum absolute atomic E-state index is 7.29. The molecule has 0 aliphatic carbocycles. The third-order valence-electron chi connectivity index (χ3n) is 3.04. The first-order chi connectivity index (χ1) is 9.25. The molecule has 1 heterocycles. The largest absolute Gasteiger partial charge is 0.491 e. The molecule has 1 aliphatic rings. The molecule has 1 aromatic rings. The van der Waals surface area contributed by atoms with Crippen LogP contribution in [-0.2, 0) is 9.47 Å². The molecule has 19 heavy (non-hydrogen) atoms. The molecule has 104 valence electrons. The van der Waals surface area contributed by atoms with Gasteiger partial charge < -0.3 is 19.9 Å². The first kappa shape index (κ1) is 13.8. The molecular weight excluding hydrogens is 244 g/mol. The van der Waals surface area contributed by atoms with Gasteiger partial charge in [-0.05, 0) is 37.1 Å². The highest BCUT2D eigenvalue weighted by Gasteiger charge is 2.13. The lowest BCUT2D eigenvalue weighted by molar-refractivity contribution is -0.0388. The number of amidine groups is 1. The Morgan fingerprint density at radius 2 is 1.89 bits per heavy atom. The molecule has 5 nitrogen and oxygen atoms in total. The highest BCUT2D eigenvalue weighted by atomic mass is 16.5. The van der Waals surface area contributed by atoms with Crippen LogP contribution >= 0.6 is 0 Å². The van der Waals surface area contributed by atoms with Crippen LogP contribution in [0.15, 0.2) is 24.3 Å². The first-order valence-electron chi connectivity index (χ1n) is 6.52. The molecule has 0 unspecified atom stereocenters. The quantitative estimate of drug-likeness (QED) is 0.464. The molecule has 3 N–H and O–H groups in total. The van der Waals surface area contributed by atoms with Gasteiger partial charge in [-0.25, -0.2) is 0 Å². The van der Waals surface area contributed by atoms with E-state index in [9.17, 15) is 0 Å². The van der Waals surface area contributed by atoms with Crippen LogP contribution in [0.25, 0.3) is 0 Å². The van der Waals surface area contributed by atoms with Crippen LogP contribution < -0.4 is 10.5 Å². The van der Waals surface area contributed by atoms with Crippen molar-refractivity contribution in [1.82, 2.24) is 0 Å². The van der Waals surface area contributed by atoms with Gasteiger partial charge in [0.05, 0.1) is 12.7 Å². The van der Waals surface area contributed by atoms with E-state index in [1.807, 2.05) is 12.1 Å². The number of hydrogen-bond donors (Lipinski definition) is 2. The monoisotopic (exact) mass is 264 g/mol. The predicted octanol–water partition coefficient (Wildman–Crippen LogP) is 1.55. The van der Waals surface area contributed by atoms with Crippen molar-refractivity contribution in [2.75, 3.05) is 26.4 Å². The van der Waals surface area contributed by atoms with Gasteiger partial charge in [0.15, 0.2) is 0 Å². The van der Waals surface area contributed by atoms with Crippen molar-refractivity contribution in [3.8, 4) is 5.75 Å². The van der Waals surface area contributed by atoms with Crippen molar-refractivity contribution >= 4 is 5.84 Å². The number of ether oxygens (including phenoxy) is 3. The van der Waals surface area contributed by atoms with E-state index in [1.165, 1.54) is 0 Å². The number of nitrogens with two attached hydrogens (primary N) is 1. The summed E-state index contributed by atoms with van der Waals surface area (Å²) in [4.78, 5) is 0. The summed E-state index contributed by atoms with van der Waals surface area (Å²) in [6.45, 7) is 2.69. The summed E-state index contributed by atoms with van der Waals surface area (Å²) in [7, 11) is 0. The minimum absolute atomic E-state index is 0.0643. The molecule has 0 bridgehead atoms. The van der Waals surface area contributed by atoms with Crippen molar-refractivity contribution in [3.63, 3.8) is 0 Å². The highest BCUT2D eigenvalue weighted by Crippen LogP contribution is 2.13. The lowest BCUT2D eigenvalue weighted by Gasteiger charge is -2.22. The maximum Gasteiger partial charge on any atom is 0.122 e. The SMILES string of the molecule is N=C(N)c1ccc(OCCOC2CCOCC2)cc1. The number of benzene rings is 1. The fourth-order valence-corrected chi connectivity index (χ4v) is 1.95. The topological polar surface area (TPSA) is 77.6 Å². The molecule has 1 aliphatic heterocycles. The van der Waals surface area contributed by atoms with Gasteiger partial charge in [0, 0.05) is 18.8 Å². The Bertz CT molecular complexity index is 400. The predicted molar refractivity (Wildman–Crippen MR) is 72.7 cm³/mol. The summed E-state index contributed by atoms with van der Waals surface area (Å²) in [5.74, 6) is 0.829. The Morgan fingerprint density at radius 1 is 1.21 bits per heavy atom. The average Bonchev–Trinajstić information content (AvgIpc) is 2.45. The molecule has 0 spiro atoms. The molecule has 1 fully saturated rings. The third-order valence-corrected chi connectivity index (χ3v) is 3.04. The summed E-state index contributed by atoms with van der Waals surface area (Å²) in [5.41, 5.74) is 6.08. The van der Waals surface area contributed by atoms with E-state index in [4.69, 9.17) is 25.4 Å². The first-order valence-corrected chi connectivity index (χ1v) is 6.52. The van der Waals surface area contributed by atoms with Crippen molar-refractivity contribution in [3.05, 3.63) is 29.8 Å². The third kappa shape index (κ3) is 4.54. The van der Waals surface area contributed by atoms with Crippen LogP contribution in [0.1, 0.15) is 18.4 Å². The van der Waals surface area contributed by atoms with Crippen molar-refractivity contribution < 1.29 is 14.2 Å². The van der Waals surface area contributed by atoms with Gasteiger partial charge in [-0.3, -0.25) is 5.41 Å². The standard InChI is InChI=1S/C14H20N2O3/c15-14(16)11-1-3-12(4-2-11)18-9-10-19-13-5-7-17-8-6-13/h1-4,13H,5-10H2,(H3,15,16). The second-order valence-electron chi connectivity index (χ2n) is 4.47. The van der Waals surface area contributed by atoms with Gasteiger partial charge in [0.25, 0.3) is 0 Å². The molecular formula is C14H20N2O3. The number of nitrogens with one attached hydrogen (secondary N) is 1. The van der Waals surface area contributed by atoms with E-state index in [0.29, 0.717) is 24.9 Å². The minimum atomic E-state index is 0.0643. The van der Waals surface area contributed by atoms with Gasteiger partial charge >= 0.3 is 0 Å². The van der Waals surface area contributed by atoms with Crippen LogP contribution in [0.3, 0.4) is 0 Å². The Kier molecular flexibility index (Phi) is 5.18. The molecule has 0 atom stereocenters. The van der Waals surface area contributed by atoms with E-state index in [-0.39, 0.29) is 5.84 Å². The normalized spacial score (nSPS) is 16.2. The molecule has 1 saturated heterocycles. The zero-order chi connectivity index (χ0) is 13.5. The van der Waals surface area contributed by atoms with Crippen molar-refractivity contribution in [2.24, 2.45) is 5.73 Å². The van der Waals surface area contributed by atoms with Gasteiger partial charge in [0.2, 0.25) is 0 Å². The fraction of sp³-hybridized carbons (Fsp3) is 0.500. The number of hydrogen-bond acceptors (Lipinski definition) is 4. The molecule has 0 amide bonds. The lowest BCUT2D eigenvalue weighted by atomic mass is 10.2. The smallest absolute Gasteiger partial charge is 0.122 e. The summed E-state index contributed by atoms with van der Waals surface area (Å²) in [6.07, 6.45) is 2.23. The zero-order valence-corrected chi connectivity index (χ0v) is 10.9. The van der Waals surface area contributed by atoms with Crippen molar-refractivity contribution in [2.45, 2.75) is 18.9 Å². The van der Waals surface area contributed by atoms with Crippen LogP contribution in [0.5, 0.6) is 5.75 Å². The van der Waals surface area contributed by atoms with Gasteiger partial charge in [-0.2, -0.15) is 0 Å². The summed E-state index contributed by atoms with van der Waals surface area (Å²) in [6, 6.07) is 7.17. The minimum Gasteiger partial charge on any atom is -0.491 e. The molecule has 0 saturated carbocycles. The average molecular weight is 264 g/mol. The van der Waals surface area contributed by atoms with E-state index < -0.39 is 0 Å². The van der Waals surface area contributed by atoms with E-state index in [2.05, 4.69) is 0 Å². The Hall–Kier alpha value is -1.59. The highest BCUT2D eigenvalue weighted by molar-refractivity contribution is 5.94. The van der Waals surface area contributed by atoms with Gasteiger partial charge in [-0.15, -0.1) is 0 Å². The Morgan fingerprint density at radius 3 is 2.53 bits per heavy atom. The molecule has 0 radical (unpaired) electrons. The second-order valence-corrected chi connectivity index (χ2v) is 4.47. The lowest BCUT2D eigenvalue weighted by Crippen LogP contribution is -2.25. The van der Waals surface area contributed by atoms with Gasteiger partial charge in [-0.1, -0.05) is 0 Å². The van der Waals surface area contributed by atoms with Crippen LogP contribution in [0.2, 0.25) is 0 Å². The number of nitrogen functional groups attached to an aromatic ring is 1. The van der Waals surface area contributed by atoms with E-state index in [1.54, 1.807) is 12.1 Å². The van der Waals surface area contributed by atoms with E-state index >= 15 is 0 Å². The second kappa shape index (κ2) is 7.11. The zero-order valence-electron chi connectivity index (χ0n) is 10.9. The molecule has 0 aromatic heterocycles. The van der Waals surface area contributed by atoms with Crippen LogP contribution in [0, 0.1) is 5.41 Å². The Labute approximate surface area is 113 Å². The molecule has 2 rings (SSSR count). The molecule has 1 aromatic carbocycles. The summed E-state index contributed by atoms with van der Waals surface area (Å²) < 4.78 is 16.5. The maximum atomic E-state index is 7.29. The molecule has 5 heteroatoms. The van der Waals surface area contributed by atoms with E-state index in [0.717, 1.165) is 31.8 Å². The fourth-order valence-electron chi connectivity index (χ4n) is 1.95.